The van der Waals surface area contributed by atoms with Crippen molar-refractivity contribution in [3.63, 3.8) is 0 Å². The van der Waals surface area contributed by atoms with Crippen LogP contribution in [-0.2, 0) is 23.4 Å². The highest BCUT2D eigenvalue weighted by atomic mass is 31.2. The molecule has 0 bridgehead atoms. The number of hydrogen-bond donors (Lipinski definition) is 3. The molecule has 1 saturated heterocycles. The normalized spacial score (nSPS) is 22.8. The quantitative estimate of drug-likeness (QED) is 0.129. The number of ether oxygens (including phenoxy) is 2. The van der Waals surface area contributed by atoms with Crippen LogP contribution in [0.2, 0.25) is 0 Å². The molecule has 6 atom stereocenters. The molecule has 2 heterocycles. The summed E-state index contributed by atoms with van der Waals surface area (Å²) < 4.78 is 38.6. The van der Waals surface area contributed by atoms with Crippen molar-refractivity contribution in [1.29, 1.82) is 0 Å². The number of Topliss-reactive ketones (excluding diaryl/α,β-unsaturated/α-hetero) is 1. The van der Waals surface area contributed by atoms with Crippen LogP contribution in [0.4, 0.5) is 0 Å². The van der Waals surface area contributed by atoms with Gasteiger partial charge in [-0.05, 0) is 36.8 Å². The molecule has 42 heavy (non-hydrogen) atoms. The van der Waals surface area contributed by atoms with E-state index in [4.69, 9.17) is 18.5 Å². The van der Waals surface area contributed by atoms with Crippen LogP contribution >= 0.6 is 7.75 Å². The second-order valence-electron chi connectivity index (χ2n) is 11.5. The van der Waals surface area contributed by atoms with Crippen LogP contribution in [0.25, 0.3) is 10.8 Å². The molecule has 0 saturated carbocycles. The second kappa shape index (κ2) is 13.0. The predicted molar refractivity (Wildman–Crippen MR) is 154 cm³/mol. The number of esters is 1. The molecule has 0 aliphatic carbocycles. The molecule has 1 fully saturated rings. The summed E-state index contributed by atoms with van der Waals surface area (Å²) in [6.07, 6.45) is -1.84. The van der Waals surface area contributed by atoms with Crippen molar-refractivity contribution in [2.45, 2.75) is 65.2 Å². The number of hydrogen-bond acceptors (Lipinski definition) is 9. The molecular weight excluding hydrogens is 563 g/mol. The summed E-state index contributed by atoms with van der Waals surface area (Å²) in [6.45, 7) is 8.33. The molecule has 3 aromatic rings. The molecule has 4 rings (SSSR count). The third kappa shape index (κ3) is 7.80. The van der Waals surface area contributed by atoms with Crippen molar-refractivity contribution in [1.82, 2.24) is 5.09 Å². The second-order valence-corrected chi connectivity index (χ2v) is 13.2. The average molecular weight is 602 g/mol. The third-order valence-corrected chi connectivity index (χ3v) is 8.22. The average Bonchev–Trinajstić information content (AvgIpc) is 3.23. The van der Waals surface area contributed by atoms with Gasteiger partial charge in [0, 0.05) is 11.5 Å². The molecule has 1 aromatic heterocycles. The van der Waals surface area contributed by atoms with Gasteiger partial charge < -0.3 is 24.2 Å². The van der Waals surface area contributed by atoms with Gasteiger partial charge in [-0.1, -0.05) is 57.2 Å². The summed E-state index contributed by atoms with van der Waals surface area (Å²) in [5, 5.41) is 25.6. The fourth-order valence-electron chi connectivity index (χ4n) is 4.34. The van der Waals surface area contributed by atoms with Crippen molar-refractivity contribution in [2.75, 3.05) is 13.2 Å². The van der Waals surface area contributed by atoms with Gasteiger partial charge in [-0.2, -0.15) is 9.65 Å². The van der Waals surface area contributed by atoms with Gasteiger partial charge in [-0.15, -0.1) is 0 Å². The number of nitrogens with zero attached hydrogens (tertiary/aromatic N) is 1. The van der Waals surface area contributed by atoms with Crippen LogP contribution in [0, 0.1) is 5.41 Å². The van der Waals surface area contributed by atoms with Gasteiger partial charge in [0.1, 0.15) is 24.0 Å². The van der Waals surface area contributed by atoms with E-state index in [9.17, 15) is 24.4 Å². The lowest BCUT2D eigenvalue weighted by molar-refractivity contribution is -0.765. The zero-order chi connectivity index (χ0) is 30.7. The minimum atomic E-state index is -4.31. The molecule has 0 spiro atoms. The summed E-state index contributed by atoms with van der Waals surface area (Å²) in [5.74, 6) is -0.573. The number of aliphatic hydroxyl groups excluding tert-OH is 2. The summed E-state index contributed by atoms with van der Waals surface area (Å²) in [4.78, 5) is 24.5. The molecule has 2 aromatic carbocycles. The van der Waals surface area contributed by atoms with Crippen molar-refractivity contribution in [2.24, 2.45) is 5.41 Å². The first-order valence-corrected chi connectivity index (χ1v) is 15.2. The maximum Gasteiger partial charge on any atom is 0.459 e. The molecule has 12 heteroatoms. The Labute approximate surface area is 245 Å². The van der Waals surface area contributed by atoms with Crippen LogP contribution in [0.3, 0.4) is 0 Å². The van der Waals surface area contributed by atoms with Gasteiger partial charge in [-0.3, -0.25) is 14.1 Å². The van der Waals surface area contributed by atoms with Gasteiger partial charge in [0.25, 0.3) is 6.23 Å². The van der Waals surface area contributed by atoms with Gasteiger partial charge in [0.2, 0.25) is 0 Å². The fourth-order valence-corrected chi connectivity index (χ4v) is 5.86. The minimum absolute atomic E-state index is 0.150. The van der Waals surface area contributed by atoms with Crippen molar-refractivity contribution < 1.29 is 47.5 Å². The summed E-state index contributed by atoms with van der Waals surface area (Å²) in [6, 6.07) is 14.7. The molecule has 1 aliphatic rings. The predicted octanol–water partition coefficient (Wildman–Crippen LogP) is 3.72. The van der Waals surface area contributed by atoms with Gasteiger partial charge in [-0.25, -0.2) is 4.57 Å². The van der Waals surface area contributed by atoms with Crippen LogP contribution in [0.15, 0.2) is 67.0 Å². The highest BCUT2D eigenvalue weighted by Crippen LogP contribution is 2.47. The summed E-state index contributed by atoms with van der Waals surface area (Å²) in [7, 11) is -4.31. The largest absolute Gasteiger partial charge is 0.464 e. The van der Waals surface area contributed by atoms with Crippen molar-refractivity contribution in [3.8, 4) is 5.75 Å². The van der Waals surface area contributed by atoms with Crippen LogP contribution in [0.5, 0.6) is 5.75 Å². The SMILES string of the molecule is CC(=O)c1ccc[n+]([C@@H]2O[C@H](COP(=O)(N[C@@H](C)C(=O)OCC(C)(C)C)Oc3cccc4ccccc34)[C@H](O)C2O)c1. The van der Waals surface area contributed by atoms with E-state index in [0.29, 0.717) is 10.9 Å². The first kappa shape index (κ1) is 31.7. The lowest BCUT2D eigenvalue weighted by atomic mass is 9.99. The summed E-state index contributed by atoms with van der Waals surface area (Å²) >= 11 is 0. The van der Waals surface area contributed by atoms with E-state index in [0.717, 1.165) is 5.39 Å². The number of aliphatic hydroxyl groups is 2. The highest BCUT2D eigenvalue weighted by molar-refractivity contribution is 7.52. The molecule has 0 amide bonds. The lowest BCUT2D eigenvalue weighted by Gasteiger charge is -2.25. The van der Waals surface area contributed by atoms with Crippen LogP contribution in [-0.4, -0.2) is 59.5 Å². The molecular formula is C30H38N2O9P+. The van der Waals surface area contributed by atoms with E-state index in [1.165, 1.54) is 24.6 Å². The number of ketones is 1. The molecule has 0 radical (unpaired) electrons. The maximum atomic E-state index is 14.2. The van der Waals surface area contributed by atoms with Crippen LogP contribution < -0.4 is 14.2 Å². The molecule has 2 unspecified atom stereocenters. The Hall–Kier alpha value is -3.18. The van der Waals surface area contributed by atoms with E-state index in [2.05, 4.69) is 5.09 Å². The maximum absolute atomic E-state index is 14.2. The number of fused-ring (bicyclic) bond motifs is 1. The number of pyridine rings is 1. The Morgan fingerprint density at radius 2 is 1.79 bits per heavy atom. The fraction of sp³-hybridized carbons (Fsp3) is 0.433. The van der Waals surface area contributed by atoms with E-state index in [-0.39, 0.29) is 23.6 Å². The first-order chi connectivity index (χ1) is 19.8. The molecule has 3 N–H and O–H groups in total. The zero-order valence-corrected chi connectivity index (χ0v) is 25.2. The Balaban J connectivity index is 1.54. The molecule has 11 nitrogen and oxygen atoms in total. The first-order valence-electron chi connectivity index (χ1n) is 13.7. The van der Waals surface area contributed by atoms with E-state index >= 15 is 0 Å². The number of nitrogens with one attached hydrogen (secondary N) is 1. The monoisotopic (exact) mass is 601 g/mol. The number of benzene rings is 2. The Bertz CT molecular complexity index is 1470. The number of rotatable bonds is 11. The Kier molecular flexibility index (Phi) is 9.82. The standard InChI is InChI=1S/C30H38N2O9P/c1-19(29(36)38-18-30(3,4)5)31-42(37,41-24-14-8-11-21-10-6-7-13-23(21)24)39-17-25-26(34)27(35)28(40-25)32-15-9-12-22(16-32)20(2)33/h6-16,19,25-28,34-35H,17-18H2,1-5H3,(H,31,37)/q+1/t19-,25+,26-,27?,28+,42?/m0/s1. The number of carbonyl (C=O) groups excluding carboxylic acids is 2. The van der Waals surface area contributed by atoms with Crippen LogP contribution in [0.1, 0.15) is 51.2 Å². The minimum Gasteiger partial charge on any atom is -0.464 e. The Morgan fingerprint density at radius 3 is 2.50 bits per heavy atom. The topological polar surface area (TPSA) is 144 Å². The summed E-state index contributed by atoms with van der Waals surface area (Å²) in [5.41, 5.74) is 0.122. The van der Waals surface area contributed by atoms with Gasteiger partial charge >= 0.3 is 13.7 Å². The highest BCUT2D eigenvalue weighted by Gasteiger charge is 2.49. The molecule has 226 valence electrons. The van der Waals surface area contributed by atoms with Gasteiger partial charge in [0.15, 0.2) is 24.3 Å². The van der Waals surface area contributed by atoms with Crippen molar-refractivity contribution in [3.05, 3.63) is 72.6 Å². The van der Waals surface area contributed by atoms with E-state index in [1.54, 1.807) is 36.5 Å². The van der Waals surface area contributed by atoms with E-state index < -0.39 is 50.9 Å². The smallest absolute Gasteiger partial charge is 0.459 e. The molecule has 1 aliphatic heterocycles. The zero-order valence-electron chi connectivity index (χ0n) is 24.3. The van der Waals surface area contributed by atoms with E-state index in [1.807, 2.05) is 45.0 Å². The lowest BCUT2D eigenvalue weighted by Crippen LogP contribution is -2.46. The van der Waals surface area contributed by atoms with Gasteiger partial charge in [0.05, 0.1) is 18.8 Å². The van der Waals surface area contributed by atoms with Crippen molar-refractivity contribution >= 4 is 30.3 Å². The number of carbonyl (C=O) groups is 2. The Morgan fingerprint density at radius 1 is 1.07 bits per heavy atom. The third-order valence-electron chi connectivity index (χ3n) is 6.59. The number of aromatic nitrogens is 1.